The minimum absolute atomic E-state index is 0.210. The lowest BCUT2D eigenvalue weighted by atomic mass is 10.1. The Labute approximate surface area is 107 Å². The van der Waals surface area contributed by atoms with Gasteiger partial charge >= 0.3 is 0 Å². The maximum absolute atomic E-state index is 11.6. The van der Waals surface area contributed by atoms with E-state index in [1.165, 1.54) is 19.3 Å². The van der Waals surface area contributed by atoms with Crippen molar-refractivity contribution in [2.24, 2.45) is 5.73 Å². The fourth-order valence-electron chi connectivity index (χ4n) is 1.90. The SMILES string of the molecule is CCCCCC(C)NC(=O)CCCCCCN. The molecule has 0 aromatic carbocycles. The standard InChI is InChI=1S/C14H30N2O/c1-3-4-7-10-13(2)16-14(17)11-8-5-6-9-12-15/h13H,3-12,15H2,1-2H3,(H,16,17). The third-order valence-electron chi connectivity index (χ3n) is 3.01. The number of hydrogen-bond acceptors (Lipinski definition) is 2. The number of nitrogens with one attached hydrogen (secondary N) is 1. The van der Waals surface area contributed by atoms with Crippen molar-refractivity contribution in [1.29, 1.82) is 0 Å². The van der Waals surface area contributed by atoms with Crippen LogP contribution in [0.5, 0.6) is 0 Å². The van der Waals surface area contributed by atoms with E-state index in [0.29, 0.717) is 12.5 Å². The molecular formula is C14H30N2O. The molecule has 17 heavy (non-hydrogen) atoms. The van der Waals surface area contributed by atoms with Crippen molar-refractivity contribution in [2.75, 3.05) is 6.54 Å². The van der Waals surface area contributed by atoms with Crippen molar-refractivity contribution >= 4 is 5.91 Å². The number of carbonyl (C=O) groups excluding carboxylic acids is 1. The van der Waals surface area contributed by atoms with Crippen molar-refractivity contribution < 1.29 is 4.79 Å². The first-order valence-electron chi connectivity index (χ1n) is 7.20. The first-order chi connectivity index (χ1) is 8.20. The summed E-state index contributed by atoms with van der Waals surface area (Å²) in [6.45, 7) is 5.06. The third-order valence-corrected chi connectivity index (χ3v) is 3.01. The molecule has 0 aromatic rings. The molecule has 0 fully saturated rings. The molecule has 0 aliphatic rings. The van der Waals surface area contributed by atoms with Gasteiger partial charge in [0, 0.05) is 12.5 Å². The second-order valence-corrected chi connectivity index (χ2v) is 4.92. The summed E-state index contributed by atoms with van der Waals surface area (Å²) in [4.78, 5) is 11.6. The Kier molecular flexibility index (Phi) is 11.5. The van der Waals surface area contributed by atoms with E-state index in [-0.39, 0.29) is 5.91 Å². The highest BCUT2D eigenvalue weighted by Gasteiger charge is 2.06. The molecule has 1 amide bonds. The average Bonchev–Trinajstić information content (AvgIpc) is 2.29. The van der Waals surface area contributed by atoms with Gasteiger partial charge in [-0.15, -0.1) is 0 Å². The Morgan fingerprint density at radius 2 is 1.82 bits per heavy atom. The zero-order valence-electron chi connectivity index (χ0n) is 11.6. The van der Waals surface area contributed by atoms with Gasteiger partial charge in [-0.2, -0.15) is 0 Å². The highest BCUT2D eigenvalue weighted by molar-refractivity contribution is 5.76. The van der Waals surface area contributed by atoms with Gasteiger partial charge in [-0.3, -0.25) is 4.79 Å². The van der Waals surface area contributed by atoms with Crippen LogP contribution in [0.25, 0.3) is 0 Å². The molecule has 3 heteroatoms. The summed E-state index contributed by atoms with van der Waals surface area (Å²) in [6.07, 6.45) is 9.83. The Morgan fingerprint density at radius 3 is 2.47 bits per heavy atom. The van der Waals surface area contributed by atoms with E-state index < -0.39 is 0 Å². The fraction of sp³-hybridized carbons (Fsp3) is 0.929. The summed E-state index contributed by atoms with van der Waals surface area (Å²) in [6, 6.07) is 0.332. The summed E-state index contributed by atoms with van der Waals surface area (Å²) < 4.78 is 0. The molecule has 3 nitrogen and oxygen atoms in total. The van der Waals surface area contributed by atoms with Crippen LogP contribution in [0.15, 0.2) is 0 Å². The van der Waals surface area contributed by atoms with Crippen LogP contribution in [-0.2, 0) is 4.79 Å². The number of carbonyl (C=O) groups is 1. The molecule has 0 aliphatic carbocycles. The van der Waals surface area contributed by atoms with Gasteiger partial charge in [-0.05, 0) is 32.7 Å². The van der Waals surface area contributed by atoms with E-state index in [1.54, 1.807) is 0 Å². The van der Waals surface area contributed by atoms with Crippen molar-refractivity contribution in [3.8, 4) is 0 Å². The van der Waals surface area contributed by atoms with E-state index in [0.717, 1.165) is 38.6 Å². The molecule has 0 saturated heterocycles. The van der Waals surface area contributed by atoms with Gasteiger partial charge in [0.1, 0.15) is 0 Å². The van der Waals surface area contributed by atoms with Gasteiger partial charge in [0.2, 0.25) is 5.91 Å². The number of rotatable bonds is 11. The molecule has 102 valence electrons. The second-order valence-electron chi connectivity index (χ2n) is 4.92. The van der Waals surface area contributed by atoms with E-state index >= 15 is 0 Å². The van der Waals surface area contributed by atoms with Crippen LogP contribution in [0.1, 0.15) is 71.6 Å². The molecular weight excluding hydrogens is 212 g/mol. The molecule has 0 bridgehead atoms. The normalized spacial score (nSPS) is 12.4. The van der Waals surface area contributed by atoms with Crippen LogP contribution in [0.3, 0.4) is 0 Å². The largest absolute Gasteiger partial charge is 0.354 e. The fourth-order valence-corrected chi connectivity index (χ4v) is 1.90. The van der Waals surface area contributed by atoms with E-state index in [9.17, 15) is 4.79 Å². The predicted molar refractivity (Wildman–Crippen MR) is 73.9 cm³/mol. The van der Waals surface area contributed by atoms with Crippen molar-refractivity contribution in [1.82, 2.24) is 5.32 Å². The van der Waals surface area contributed by atoms with Gasteiger partial charge < -0.3 is 11.1 Å². The summed E-state index contributed by atoms with van der Waals surface area (Å²) >= 11 is 0. The molecule has 0 rings (SSSR count). The zero-order chi connectivity index (χ0) is 12.9. The van der Waals surface area contributed by atoms with Gasteiger partial charge in [-0.1, -0.05) is 39.0 Å². The first-order valence-corrected chi connectivity index (χ1v) is 7.20. The molecule has 3 N–H and O–H groups in total. The Bertz CT molecular complexity index is 183. The maximum Gasteiger partial charge on any atom is 0.220 e. The Morgan fingerprint density at radius 1 is 1.12 bits per heavy atom. The monoisotopic (exact) mass is 242 g/mol. The molecule has 0 aromatic heterocycles. The molecule has 0 radical (unpaired) electrons. The van der Waals surface area contributed by atoms with Gasteiger partial charge in [-0.25, -0.2) is 0 Å². The van der Waals surface area contributed by atoms with Crippen molar-refractivity contribution in [3.63, 3.8) is 0 Å². The van der Waals surface area contributed by atoms with Gasteiger partial charge in [0.25, 0.3) is 0 Å². The van der Waals surface area contributed by atoms with E-state index in [4.69, 9.17) is 5.73 Å². The zero-order valence-corrected chi connectivity index (χ0v) is 11.6. The second kappa shape index (κ2) is 11.9. The third kappa shape index (κ3) is 11.7. The van der Waals surface area contributed by atoms with E-state index in [1.807, 2.05) is 0 Å². The highest BCUT2D eigenvalue weighted by Crippen LogP contribution is 2.05. The van der Waals surface area contributed by atoms with Crippen molar-refractivity contribution in [2.45, 2.75) is 77.7 Å². The highest BCUT2D eigenvalue weighted by atomic mass is 16.1. The van der Waals surface area contributed by atoms with Crippen LogP contribution < -0.4 is 11.1 Å². The Hall–Kier alpha value is -0.570. The first kappa shape index (κ1) is 16.4. The lowest BCUT2D eigenvalue weighted by Crippen LogP contribution is -2.32. The number of amides is 1. The smallest absolute Gasteiger partial charge is 0.220 e. The minimum atomic E-state index is 0.210. The molecule has 0 aliphatic heterocycles. The summed E-state index contributed by atoms with van der Waals surface area (Å²) in [5.74, 6) is 0.210. The number of unbranched alkanes of at least 4 members (excludes halogenated alkanes) is 5. The molecule has 0 heterocycles. The van der Waals surface area contributed by atoms with Gasteiger partial charge in [0.15, 0.2) is 0 Å². The summed E-state index contributed by atoms with van der Waals surface area (Å²) in [5.41, 5.74) is 5.42. The van der Waals surface area contributed by atoms with Crippen molar-refractivity contribution in [3.05, 3.63) is 0 Å². The molecule has 1 unspecified atom stereocenters. The van der Waals surface area contributed by atoms with Crippen LogP contribution in [0.4, 0.5) is 0 Å². The summed E-state index contributed by atoms with van der Waals surface area (Å²) in [7, 11) is 0. The minimum Gasteiger partial charge on any atom is -0.354 e. The van der Waals surface area contributed by atoms with Crippen LogP contribution in [0, 0.1) is 0 Å². The molecule has 1 atom stereocenters. The predicted octanol–water partition coefficient (Wildman–Crippen LogP) is 2.98. The summed E-state index contributed by atoms with van der Waals surface area (Å²) in [5, 5.41) is 3.07. The lowest BCUT2D eigenvalue weighted by Gasteiger charge is -2.13. The quantitative estimate of drug-likeness (QED) is 0.547. The number of hydrogen-bond donors (Lipinski definition) is 2. The van der Waals surface area contributed by atoms with Gasteiger partial charge in [0.05, 0.1) is 0 Å². The van der Waals surface area contributed by atoms with Crippen LogP contribution in [0.2, 0.25) is 0 Å². The Balaban J connectivity index is 3.37. The maximum atomic E-state index is 11.6. The van der Waals surface area contributed by atoms with E-state index in [2.05, 4.69) is 19.2 Å². The average molecular weight is 242 g/mol. The lowest BCUT2D eigenvalue weighted by molar-refractivity contribution is -0.121. The number of nitrogens with two attached hydrogens (primary N) is 1. The molecule has 0 saturated carbocycles. The molecule has 0 spiro atoms. The topological polar surface area (TPSA) is 55.1 Å². The van der Waals surface area contributed by atoms with Crippen LogP contribution >= 0.6 is 0 Å². The van der Waals surface area contributed by atoms with Crippen LogP contribution in [-0.4, -0.2) is 18.5 Å².